The number of thiophene rings is 1. The zero-order chi connectivity index (χ0) is 20.7. The molecule has 1 atom stereocenters. The van der Waals surface area contributed by atoms with Crippen molar-refractivity contribution < 1.29 is 26.4 Å². The number of hydrogen-bond donors (Lipinski definition) is 0. The Balaban J connectivity index is 1.68. The maximum Gasteiger partial charge on any atom is 0.435 e. The van der Waals surface area contributed by atoms with Crippen molar-refractivity contribution in [3.05, 3.63) is 35.0 Å². The summed E-state index contributed by atoms with van der Waals surface area (Å²) < 4.78 is 66.2. The van der Waals surface area contributed by atoms with E-state index in [0.29, 0.717) is 0 Å². The minimum absolute atomic E-state index is 0.130. The van der Waals surface area contributed by atoms with Crippen LogP contribution in [0.2, 0.25) is 0 Å². The smallest absolute Gasteiger partial charge is 0.338 e. The summed E-state index contributed by atoms with van der Waals surface area (Å²) in [6.07, 6.45) is -4.58. The largest absolute Gasteiger partial charge is 0.435 e. The molecule has 2 aromatic rings. The molecule has 1 fully saturated rings. The molecule has 0 radical (unpaired) electrons. The van der Waals surface area contributed by atoms with Crippen molar-refractivity contribution in [1.29, 1.82) is 0 Å². The van der Waals surface area contributed by atoms with Crippen LogP contribution in [0.3, 0.4) is 0 Å². The van der Waals surface area contributed by atoms with Crippen LogP contribution in [-0.4, -0.2) is 59.5 Å². The monoisotopic (exact) mass is 436 g/mol. The summed E-state index contributed by atoms with van der Waals surface area (Å²) in [7, 11) is -3.59. The first-order valence-corrected chi connectivity index (χ1v) is 10.8. The first-order valence-electron chi connectivity index (χ1n) is 8.47. The fourth-order valence-corrected chi connectivity index (χ4v) is 5.64. The molecular weight excluding hydrogens is 417 g/mol. The van der Waals surface area contributed by atoms with Gasteiger partial charge >= 0.3 is 6.18 Å². The molecule has 3 rings (SSSR count). The molecule has 28 heavy (non-hydrogen) atoms. The van der Waals surface area contributed by atoms with E-state index in [1.54, 1.807) is 11.4 Å². The number of halogens is 3. The minimum Gasteiger partial charge on any atom is -0.338 e. The maximum atomic E-state index is 12.8. The number of alkyl halides is 3. The highest BCUT2D eigenvalue weighted by Gasteiger charge is 2.37. The van der Waals surface area contributed by atoms with Gasteiger partial charge in [0.1, 0.15) is 10.3 Å². The molecule has 12 heteroatoms. The molecule has 0 bridgehead atoms. The third kappa shape index (κ3) is 3.94. The van der Waals surface area contributed by atoms with E-state index in [0.717, 1.165) is 22.1 Å². The summed E-state index contributed by atoms with van der Waals surface area (Å²) in [5.41, 5.74) is -0.816. The van der Waals surface area contributed by atoms with Crippen LogP contribution in [0.25, 0.3) is 0 Å². The lowest BCUT2D eigenvalue weighted by atomic mass is 10.2. The molecule has 0 aliphatic carbocycles. The standard InChI is InChI=1S/C16H19F3N4O3S2/c1-11-10-13(16(17,18)19)20-23(11)12(2)15(24)21-5-7-22(8-6-21)28(25,26)14-4-3-9-27-14/h3-4,9-10,12H,5-8H2,1-2H3. The summed E-state index contributed by atoms with van der Waals surface area (Å²) in [5.74, 6) is -0.395. The SMILES string of the molecule is Cc1cc(C(F)(F)F)nn1C(C)C(=O)N1CCN(S(=O)(=O)c2cccs2)CC1. The van der Waals surface area contributed by atoms with Crippen LogP contribution in [0.4, 0.5) is 13.2 Å². The van der Waals surface area contributed by atoms with Crippen LogP contribution in [-0.2, 0) is 21.0 Å². The summed E-state index contributed by atoms with van der Waals surface area (Å²) in [4.78, 5) is 14.2. The zero-order valence-corrected chi connectivity index (χ0v) is 16.8. The Morgan fingerprint density at radius 2 is 1.89 bits per heavy atom. The predicted molar refractivity (Wildman–Crippen MR) is 96.3 cm³/mol. The third-order valence-electron chi connectivity index (χ3n) is 4.58. The maximum absolute atomic E-state index is 12.8. The molecule has 3 heterocycles. The van der Waals surface area contributed by atoms with Crippen LogP contribution in [0, 0.1) is 6.92 Å². The Kier molecular flexibility index (Phi) is 5.56. The Labute approximate surface area is 164 Å². The number of piperazine rings is 1. The van der Waals surface area contributed by atoms with Crippen molar-refractivity contribution >= 4 is 27.3 Å². The lowest BCUT2D eigenvalue weighted by Crippen LogP contribution is -2.51. The minimum atomic E-state index is -4.58. The molecule has 1 aliphatic heterocycles. The van der Waals surface area contributed by atoms with E-state index in [4.69, 9.17) is 0 Å². The molecule has 1 amide bonds. The predicted octanol–water partition coefficient (Wildman–Crippen LogP) is 2.37. The van der Waals surface area contributed by atoms with Gasteiger partial charge in [0.2, 0.25) is 5.91 Å². The molecule has 2 aromatic heterocycles. The lowest BCUT2D eigenvalue weighted by Gasteiger charge is -2.35. The lowest BCUT2D eigenvalue weighted by molar-refractivity contribution is -0.142. The first-order chi connectivity index (χ1) is 13.0. The highest BCUT2D eigenvalue weighted by atomic mass is 32.2. The van der Waals surface area contributed by atoms with E-state index in [-0.39, 0.29) is 36.1 Å². The Bertz CT molecular complexity index is 946. The van der Waals surface area contributed by atoms with E-state index < -0.39 is 33.8 Å². The van der Waals surface area contributed by atoms with E-state index in [1.807, 2.05) is 0 Å². The van der Waals surface area contributed by atoms with E-state index in [9.17, 15) is 26.4 Å². The van der Waals surface area contributed by atoms with Gasteiger partial charge in [0.15, 0.2) is 5.69 Å². The third-order valence-corrected chi connectivity index (χ3v) is 7.85. The number of aryl methyl sites for hydroxylation is 1. The number of amides is 1. The molecule has 154 valence electrons. The van der Waals surface area contributed by atoms with Crippen molar-refractivity contribution in [2.45, 2.75) is 30.3 Å². The van der Waals surface area contributed by atoms with Crippen molar-refractivity contribution in [3.8, 4) is 0 Å². The second-order valence-corrected chi connectivity index (χ2v) is 9.56. The quantitative estimate of drug-likeness (QED) is 0.738. The van der Waals surface area contributed by atoms with Gasteiger partial charge in [0.25, 0.3) is 10.0 Å². The van der Waals surface area contributed by atoms with Crippen LogP contribution in [0.15, 0.2) is 27.8 Å². The van der Waals surface area contributed by atoms with Gasteiger partial charge in [0.05, 0.1) is 0 Å². The van der Waals surface area contributed by atoms with Crippen LogP contribution in [0.5, 0.6) is 0 Å². The summed E-state index contributed by atoms with van der Waals surface area (Å²) in [6.45, 7) is 3.53. The van der Waals surface area contributed by atoms with Crippen LogP contribution >= 0.6 is 11.3 Å². The number of carbonyl (C=O) groups is 1. The fourth-order valence-electron chi connectivity index (χ4n) is 3.07. The van der Waals surface area contributed by atoms with Gasteiger partial charge in [-0.3, -0.25) is 9.48 Å². The number of carbonyl (C=O) groups excluding carboxylic acids is 1. The van der Waals surface area contributed by atoms with E-state index in [1.165, 1.54) is 29.1 Å². The fraction of sp³-hybridized carbons (Fsp3) is 0.500. The summed E-state index contributed by atoms with van der Waals surface area (Å²) in [5, 5.41) is 5.20. The van der Waals surface area contributed by atoms with Gasteiger partial charge in [-0.1, -0.05) is 6.07 Å². The van der Waals surface area contributed by atoms with Gasteiger partial charge in [-0.05, 0) is 31.4 Å². The molecule has 0 spiro atoms. The highest BCUT2D eigenvalue weighted by molar-refractivity contribution is 7.91. The van der Waals surface area contributed by atoms with Crippen molar-refractivity contribution in [1.82, 2.24) is 19.0 Å². The topological polar surface area (TPSA) is 75.5 Å². The molecule has 1 aliphatic rings. The van der Waals surface area contributed by atoms with E-state index >= 15 is 0 Å². The molecule has 0 N–H and O–H groups in total. The Morgan fingerprint density at radius 3 is 2.39 bits per heavy atom. The summed E-state index contributed by atoms with van der Waals surface area (Å²) >= 11 is 1.12. The average Bonchev–Trinajstić information content (AvgIpc) is 3.30. The first kappa shape index (κ1) is 20.8. The number of sulfonamides is 1. The van der Waals surface area contributed by atoms with Crippen molar-refractivity contribution in [2.24, 2.45) is 0 Å². The normalized spacial score (nSPS) is 17.7. The molecule has 1 saturated heterocycles. The van der Waals surface area contributed by atoms with E-state index in [2.05, 4.69) is 5.10 Å². The Hall–Kier alpha value is -1.92. The highest BCUT2D eigenvalue weighted by Crippen LogP contribution is 2.29. The molecule has 0 aromatic carbocycles. The number of nitrogens with zero attached hydrogens (tertiary/aromatic N) is 4. The van der Waals surface area contributed by atoms with Gasteiger partial charge in [-0.25, -0.2) is 8.42 Å². The average molecular weight is 436 g/mol. The van der Waals surface area contributed by atoms with Crippen molar-refractivity contribution in [3.63, 3.8) is 0 Å². The van der Waals surface area contributed by atoms with Crippen LogP contribution in [0.1, 0.15) is 24.4 Å². The molecular formula is C16H19F3N4O3S2. The van der Waals surface area contributed by atoms with Gasteiger partial charge in [-0.15, -0.1) is 11.3 Å². The molecule has 7 nitrogen and oxygen atoms in total. The van der Waals surface area contributed by atoms with Crippen molar-refractivity contribution in [2.75, 3.05) is 26.2 Å². The number of rotatable bonds is 4. The Morgan fingerprint density at radius 1 is 1.25 bits per heavy atom. The second kappa shape index (κ2) is 7.48. The zero-order valence-electron chi connectivity index (χ0n) is 15.2. The van der Waals surface area contributed by atoms with Gasteiger partial charge in [0, 0.05) is 31.9 Å². The number of hydrogen-bond acceptors (Lipinski definition) is 5. The van der Waals surface area contributed by atoms with Crippen LogP contribution < -0.4 is 0 Å². The van der Waals surface area contributed by atoms with Gasteiger partial charge < -0.3 is 4.90 Å². The molecule has 1 unspecified atom stereocenters. The van der Waals surface area contributed by atoms with Gasteiger partial charge in [-0.2, -0.15) is 22.6 Å². The second-order valence-electron chi connectivity index (χ2n) is 6.45. The summed E-state index contributed by atoms with van der Waals surface area (Å²) in [6, 6.07) is 3.16. The number of aromatic nitrogens is 2. The molecule has 0 saturated carbocycles.